The molecule has 0 aliphatic rings. The summed E-state index contributed by atoms with van der Waals surface area (Å²) >= 11 is 12.7. The molecule has 0 radical (unpaired) electrons. The number of nitrogens with one attached hydrogen (secondary N) is 1. The molecule has 0 heterocycles. The molecule has 0 aromatic heterocycles. The van der Waals surface area contributed by atoms with Crippen LogP contribution in [0.2, 0.25) is 10.0 Å². The summed E-state index contributed by atoms with van der Waals surface area (Å²) in [6, 6.07) is 18.9. The maximum Gasteiger partial charge on any atom is 0.264 e. The first-order valence-electron chi connectivity index (χ1n) is 12.9. The van der Waals surface area contributed by atoms with Crippen molar-refractivity contribution in [3.63, 3.8) is 0 Å². The fraction of sp³-hybridized carbons (Fsp3) is 0.333. The molecule has 0 aliphatic carbocycles. The van der Waals surface area contributed by atoms with Gasteiger partial charge in [0.25, 0.3) is 10.0 Å². The number of rotatable bonds is 10. The van der Waals surface area contributed by atoms with Gasteiger partial charge in [0.2, 0.25) is 11.8 Å². The van der Waals surface area contributed by atoms with Crippen molar-refractivity contribution in [1.82, 2.24) is 10.2 Å². The van der Waals surface area contributed by atoms with Crippen LogP contribution in [0.25, 0.3) is 0 Å². The van der Waals surface area contributed by atoms with E-state index < -0.39 is 34.1 Å². The average Bonchev–Trinajstić information content (AvgIpc) is 2.89. The molecule has 1 atom stereocenters. The van der Waals surface area contributed by atoms with E-state index in [1.807, 2.05) is 58.9 Å². The number of carbonyl (C=O) groups excluding carboxylic acids is 2. The van der Waals surface area contributed by atoms with Crippen LogP contribution in [0.5, 0.6) is 0 Å². The summed E-state index contributed by atoms with van der Waals surface area (Å²) in [4.78, 5) is 29.0. The SMILES string of the molecule is CC[C@@H](C(=O)NC(C)(C)C)N(Cc1ccccc1C)C(=O)CN(c1cc(Cl)ccc1Cl)S(=O)(=O)c1ccccc1. The number of amides is 2. The second-order valence-corrected chi connectivity index (χ2v) is 13.2. The number of halogens is 2. The van der Waals surface area contributed by atoms with Gasteiger partial charge in [-0.05, 0) is 75.6 Å². The molecule has 1 N–H and O–H groups in total. The third-order valence-electron chi connectivity index (χ3n) is 6.27. The van der Waals surface area contributed by atoms with Crippen molar-refractivity contribution in [3.8, 4) is 0 Å². The minimum absolute atomic E-state index is 0.0122. The standard InChI is InChI=1S/C30H35Cl2N3O4S/c1-6-26(29(37)33-30(3,4)5)34(19-22-13-11-10-12-21(22)2)28(36)20-35(27-18-23(31)16-17-25(27)32)40(38,39)24-14-8-7-9-15-24/h7-18,26H,6,19-20H2,1-5H3,(H,33,37)/t26-/m0/s1. The summed E-state index contributed by atoms with van der Waals surface area (Å²) in [6.45, 7) is 8.84. The molecule has 3 aromatic rings. The maximum absolute atomic E-state index is 14.2. The Balaban J connectivity index is 2.12. The van der Waals surface area contributed by atoms with Gasteiger partial charge in [0.1, 0.15) is 12.6 Å². The Kier molecular flexibility index (Phi) is 10.3. The first-order chi connectivity index (χ1) is 18.7. The number of carbonyl (C=O) groups is 2. The van der Waals surface area contributed by atoms with Crippen LogP contribution in [0.15, 0.2) is 77.7 Å². The Morgan fingerprint density at radius 1 is 0.950 bits per heavy atom. The van der Waals surface area contributed by atoms with Gasteiger partial charge >= 0.3 is 0 Å². The minimum atomic E-state index is -4.24. The van der Waals surface area contributed by atoms with Crippen molar-refractivity contribution >= 4 is 50.7 Å². The molecule has 0 aliphatic heterocycles. The van der Waals surface area contributed by atoms with Crippen molar-refractivity contribution in [2.24, 2.45) is 0 Å². The largest absolute Gasteiger partial charge is 0.350 e. The number of sulfonamides is 1. The molecule has 214 valence electrons. The highest BCUT2D eigenvalue weighted by Gasteiger charge is 2.35. The van der Waals surface area contributed by atoms with Crippen LogP contribution >= 0.6 is 23.2 Å². The van der Waals surface area contributed by atoms with E-state index in [0.29, 0.717) is 6.42 Å². The highest BCUT2D eigenvalue weighted by Crippen LogP contribution is 2.33. The van der Waals surface area contributed by atoms with E-state index in [-0.39, 0.29) is 33.1 Å². The van der Waals surface area contributed by atoms with Crippen molar-refractivity contribution in [3.05, 3.63) is 94.0 Å². The molecule has 2 amide bonds. The Morgan fingerprint density at radius 3 is 2.17 bits per heavy atom. The Hall–Kier alpha value is -3.07. The molecule has 0 unspecified atom stereocenters. The fourth-order valence-electron chi connectivity index (χ4n) is 4.25. The van der Waals surface area contributed by atoms with E-state index in [0.717, 1.165) is 15.4 Å². The minimum Gasteiger partial charge on any atom is -0.350 e. The molecule has 0 saturated carbocycles. The van der Waals surface area contributed by atoms with Crippen molar-refractivity contribution < 1.29 is 18.0 Å². The highest BCUT2D eigenvalue weighted by atomic mass is 35.5. The Morgan fingerprint density at radius 2 is 1.57 bits per heavy atom. The van der Waals surface area contributed by atoms with E-state index in [9.17, 15) is 18.0 Å². The van der Waals surface area contributed by atoms with Gasteiger partial charge in [-0.2, -0.15) is 0 Å². The summed E-state index contributed by atoms with van der Waals surface area (Å²) in [5.41, 5.74) is 1.32. The van der Waals surface area contributed by atoms with E-state index in [2.05, 4.69) is 5.32 Å². The Labute approximate surface area is 247 Å². The van der Waals surface area contributed by atoms with Gasteiger partial charge in [-0.3, -0.25) is 13.9 Å². The zero-order valence-electron chi connectivity index (χ0n) is 23.3. The fourth-order valence-corrected chi connectivity index (χ4v) is 6.14. The van der Waals surface area contributed by atoms with Crippen molar-refractivity contribution in [1.29, 1.82) is 0 Å². The predicted octanol–water partition coefficient (Wildman–Crippen LogP) is 6.22. The third-order valence-corrected chi connectivity index (χ3v) is 8.60. The van der Waals surface area contributed by atoms with Gasteiger partial charge in [-0.1, -0.05) is 72.6 Å². The summed E-state index contributed by atoms with van der Waals surface area (Å²) in [5.74, 6) is -0.884. The van der Waals surface area contributed by atoms with Crippen LogP contribution in [0.1, 0.15) is 45.2 Å². The van der Waals surface area contributed by atoms with Gasteiger partial charge in [0, 0.05) is 17.1 Å². The topological polar surface area (TPSA) is 86.8 Å². The maximum atomic E-state index is 14.2. The zero-order chi connectivity index (χ0) is 29.7. The van der Waals surface area contributed by atoms with Gasteiger partial charge in [0.05, 0.1) is 15.6 Å². The quantitative estimate of drug-likeness (QED) is 0.298. The molecule has 3 aromatic carbocycles. The van der Waals surface area contributed by atoms with E-state index in [1.54, 1.807) is 18.2 Å². The molecule has 0 bridgehead atoms. The van der Waals surface area contributed by atoms with Crippen LogP contribution in [-0.4, -0.2) is 43.3 Å². The number of hydrogen-bond acceptors (Lipinski definition) is 4. The molecule has 40 heavy (non-hydrogen) atoms. The normalized spacial score (nSPS) is 12.5. The summed E-state index contributed by atoms with van der Waals surface area (Å²) in [6.07, 6.45) is 0.322. The second kappa shape index (κ2) is 13.1. The zero-order valence-corrected chi connectivity index (χ0v) is 25.6. The van der Waals surface area contributed by atoms with E-state index >= 15 is 0 Å². The lowest BCUT2D eigenvalue weighted by Gasteiger charge is -2.35. The van der Waals surface area contributed by atoms with Crippen LogP contribution in [-0.2, 0) is 26.2 Å². The van der Waals surface area contributed by atoms with Crippen LogP contribution in [0.4, 0.5) is 5.69 Å². The first kappa shape index (κ1) is 31.5. The average molecular weight is 605 g/mol. The van der Waals surface area contributed by atoms with Crippen molar-refractivity contribution in [2.45, 2.75) is 64.1 Å². The number of benzene rings is 3. The van der Waals surface area contributed by atoms with Crippen LogP contribution in [0, 0.1) is 6.92 Å². The van der Waals surface area contributed by atoms with Crippen LogP contribution < -0.4 is 9.62 Å². The molecule has 10 heteroatoms. The third kappa shape index (κ3) is 7.77. The highest BCUT2D eigenvalue weighted by molar-refractivity contribution is 7.92. The lowest BCUT2D eigenvalue weighted by Crippen LogP contribution is -2.55. The molecular weight excluding hydrogens is 569 g/mol. The smallest absolute Gasteiger partial charge is 0.264 e. The lowest BCUT2D eigenvalue weighted by molar-refractivity contribution is -0.141. The van der Waals surface area contributed by atoms with E-state index in [4.69, 9.17) is 23.2 Å². The molecule has 0 saturated heterocycles. The van der Waals surface area contributed by atoms with Gasteiger partial charge < -0.3 is 10.2 Å². The number of hydrogen-bond donors (Lipinski definition) is 1. The Bertz CT molecular complexity index is 1460. The summed E-state index contributed by atoms with van der Waals surface area (Å²) < 4.78 is 28.8. The first-order valence-corrected chi connectivity index (χ1v) is 15.1. The number of aryl methyl sites for hydroxylation is 1. The second-order valence-electron chi connectivity index (χ2n) is 10.5. The van der Waals surface area contributed by atoms with Crippen LogP contribution in [0.3, 0.4) is 0 Å². The van der Waals surface area contributed by atoms with E-state index in [1.165, 1.54) is 35.2 Å². The monoisotopic (exact) mass is 603 g/mol. The number of nitrogens with zero attached hydrogens (tertiary/aromatic N) is 2. The van der Waals surface area contributed by atoms with Gasteiger partial charge in [-0.15, -0.1) is 0 Å². The van der Waals surface area contributed by atoms with Gasteiger partial charge in [0.15, 0.2) is 0 Å². The molecular formula is C30H35Cl2N3O4S. The summed E-state index contributed by atoms with van der Waals surface area (Å²) in [5, 5.41) is 3.33. The molecule has 3 rings (SSSR count). The lowest BCUT2D eigenvalue weighted by atomic mass is 10.0. The summed E-state index contributed by atoms with van der Waals surface area (Å²) in [7, 11) is -4.24. The molecule has 7 nitrogen and oxygen atoms in total. The molecule has 0 spiro atoms. The predicted molar refractivity (Wildman–Crippen MR) is 161 cm³/mol. The van der Waals surface area contributed by atoms with Gasteiger partial charge in [-0.25, -0.2) is 8.42 Å². The molecule has 0 fully saturated rings. The number of anilines is 1. The van der Waals surface area contributed by atoms with Crippen molar-refractivity contribution in [2.75, 3.05) is 10.8 Å².